The molecule has 128 valence electrons. The van der Waals surface area contributed by atoms with E-state index in [0.717, 1.165) is 4.90 Å². The van der Waals surface area contributed by atoms with E-state index in [1.165, 1.54) is 0 Å². The van der Waals surface area contributed by atoms with Crippen LogP contribution in [0.25, 0.3) is 0 Å². The second-order valence-corrected chi connectivity index (χ2v) is 5.45. The van der Waals surface area contributed by atoms with Gasteiger partial charge in [0.15, 0.2) is 6.61 Å². The molecule has 1 unspecified atom stereocenters. The molecular formula is C18H17N3O4. The Morgan fingerprint density at radius 3 is 2.36 bits per heavy atom. The van der Waals surface area contributed by atoms with Gasteiger partial charge in [-0.15, -0.1) is 0 Å². The Bertz CT molecular complexity index is 764. The number of carbonyl (C=O) groups excluding carboxylic acids is 3. The first kappa shape index (κ1) is 16.7. The SMILES string of the molecule is O=C(COc1ccccc1)NNC1CC(=O)N(c2ccccc2)C1=O. The van der Waals surface area contributed by atoms with Crippen LogP contribution in [0.4, 0.5) is 5.69 Å². The third-order valence-electron chi connectivity index (χ3n) is 3.66. The summed E-state index contributed by atoms with van der Waals surface area (Å²) in [5.74, 6) is -0.591. The molecule has 0 aliphatic carbocycles. The Labute approximate surface area is 144 Å². The summed E-state index contributed by atoms with van der Waals surface area (Å²) in [6.45, 7) is -0.200. The Morgan fingerprint density at radius 2 is 1.68 bits per heavy atom. The molecule has 1 fully saturated rings. The number of hydrazine groups is 1. The van der Waals surface area contributed by atoms with Crippen LogP contribution < -0.4 is 20.5 Å². The van der Waals surface area contributed by atoms with Crippen molar-refractivity contribution in [3.8, 4) is 5.75 Å². The minimum Gasteiger partial charge on any atom is -0.484 e. The Balaban J connectivity index is 1.51. The van der Waals surface area contributed by atoms with Crippen LogP contribution in [0.5, 0.6) is 5.75 Å². The molecule has 1 heterocycles. The maximum absolute atomic E-state index is 12.4. The lowest BCUT2D eigenvalue weighted by Gasteiger charge is -2.15. The summed E-state index contributed by atoms with van der Waals surface area (Å²) >= 11 is 0. The van der Waals surface area contributed by atoms with Crippen LogP contribution in [0.2, 0.25) is 0 Å². The van der Waals surface area contributed by atoms with Crippen molar-refractivity contribution in [2.24, 2.45) is 0 Å². The van der Waals surface area contributed by atoms with Crippen molar-refractivity contribution in [2.75, 3.05) is 11.5 Å². The number of para-hydroxylation sites is 2. The van der Waals surface area contributed by atoms with Gasteiger partial charge in [0.1, 0.15) is 11.8 Å². The Morgan fingerprint density at radius 1 is 1.04 bits per heavy atom. The molecule has 0 saturated carbocycles. The van der Waals surface area contributed by atoms with Gasteiger partial charge in [-0.2, -0.15) is 0 Å². The molecule has 1 saturated heterocycles. The number of amides is 3. The van der Waals surface area contributed by atoms with Crippen molar-refractivity contribution in [1.82, 2.24) is 10.9 Å². The molecule has 0 aromatic heterocycles. The predicted molar refractivity (Wildman–Crippen MR) is 90.6 cm³/mol. The number of benzene rings is 2. The maximum Gasteiger partial charge on any atom is 0.272 e. The third kappa shape index (κ3) is 4.02. The van der Waals surface area contributed by atoms with Gasteiger partial charge in [-0.3, -0.25) is 19.8 Å². The van der Waals surface area contributed by atoms with Gasteiger partial charge in [-0.1, -0.05) is 36.4 Å². The van der Waals surface area contributed by atoms with Crippen molar-refractivity contribution in [2.45, 2.75) is 12.5 Å². The molecule has 7 heteroatoms. The zero-order valence-electron chi connectivity index (χ0n) is 13.3. The van der Waals surface area contributed by atoms with Crippen molar-refractivity contribution in [1.29, 1.82) is 0 Å². The summed E-state index contributed by atoms with van der Waals surface area (Å²) in [4.78, 5) is 37.4. The van der Waals surface area contributed by atoms with E-state index in [1.807, 2.05) is 6.07 Å². The number of nitrogens with zero attached hydrogens (tertiary/aromatic N) is 1. The minimum atomic E-state index is -0.798. The third-order valence-corrected chi connectivity index (χ3v) is 3.66. The lowest BCUT2D eigenvalue weighted by Crippen LogP contribution is -2.49. The number of carbonyl (C=O) groups is 3. The molecule has 1 aliphatic rings. The van der Waals surface area contributed by atoms with Gasteiger partial charge in [0.25, 0.3) is 11.8 Å². The van der Waals surface area contributed by atoms with Gasteiger partial charge >= 0.3 is 0 Å². The highest BCUT2D eigenvalue weighted by molar-refractivity contribution is 6.22. The molecule has 7 nitrogen and oxygen atoms in total. The van der Waals surface area contributed by atoms with Crippen molar-refractivity contribution in [3.05, 3.63) is 60.7 Å². The zero-order valence-corrected chi connectivity index (χ0v) is 13.3. The molecule has 3 rings (SSSR count). The van der Waals surface area contributed by atoms with Crippen LogP contribution in [0.3, 0.4) is 0 Å². The predicted octanol–water partition coefficient (Wildman–Crippen LogP) is 1.02. The average molecular weight is 339 g/mol. The first-order valence-corrected chi connectivity index (χ1v) is 7.79. The largest absolute Gasteiger partial charge is 0.484 e. The molecule has 3 amide bonds. The van der Waals surface area contributed by atoms with E-state index in [9.17, 15) is 14.4 Å². The maximum atomic E-state index is 12.4. The van der Waals surface area contributed by atoms with Crippen LogP contribution in [-0.4, -0.2) is 30.4 Å². The van der Waals surface area contributed by atoms with Gasteiger partial charge in [-0.25, -0.2) is 10.3 Å². The van der Waals surface area contributed by atoms with Crippen molar-refractivity contribution < 1.29 is 19.1 Å². The number of rotatable bonds is 6. The van der Waals surface area contributed by atoms with E-state index in [4.69, 9.17) is 4.74 Å². The fourth-order valence-corrected chi connectivity index (χ4v) is 2.46. The smallest absolute Gasteiger partial charge is 0.272 e. The number of ether oxygens (including phenoxy) is 1. The van der Waals surface area contributed by atoms with Gasteiger partial charge in [-0.05, 0) is 24.3 Å². The number of nitrogens with one attached hydrogen (secondary N) is 2. The van der Waals surface area contributed by atoms with Crippen LogP contribution in [0, 0.1) is 0 Å². The molecule has 1 atom stereocenters. The van der Waals surface area contributed by atoms with Gasteiger partial charge in [0.2, 0.25) is 5.91 Å². The summed E-state index contributed by atoms with van der Waals surface area (Å²) in [5, 5.41) is 0. The van der Waals surface area contributed by atoms with Gasteiger partial charge in [0, 0.05) is 0 Å². The second kappa shape index (κ2) is 7.59. The van der Waals surface area contributed by atoms with Gasteiger partial charge in [0.05, 0.1) is 12.1 Å². The summed E-state index contributed by atoms with van der Waals surface area (Å²) in [6, 6.07) is 16.8. The molecule has 0 bridgehead atoms. The van der Waals surface area contributed by atoms with Crippen LogP contribution in [-0.2, 0) is 14.4 Å². The molecular weight excluding hydrogens is 322 g/mol. The molecule has 2 aromatic carbocycles. The summed E-state index contributed by atoms with van der Waals surface area (Å²) < 4.78 is 5.31. The summed E-state index contributed by atoms with van der Waals surface area (Å²) in [6.07, 6.45) is -0.0203. The summed E-state index contributed by atoms with van der Waals surface area (Å²) in [5.41, 5.74) is 5.52. The van der Waals surface area contributed by atoms with E-state index in [1.54, 1.807) is 54.6 Å². The van der Waals surface area contributed by atoms with E-state index in [-0.39, 0.29) is 18.9 Å². The van der Waals surface area contributed by atoms with Crippen LogP contribution in [0.15, 0.2) is 60.7 Å². The molecule has 2 aromatic rings. The Hall–Kier alpha value is -3.19. The molecule has 25 heavy (non-hydrogen) atoms. The van der Waals surface area contributed by atoms with Crippen LogP contribution >= 0.6 is 0 Å². The lowest BCUT2D eigenvalue weighted by molar-refractivity contribution is -0.125. The average Bonchev–Trinajstić information content (AvgIpc) is 2.93. The fourth-order valence-electron chi connectivity index (χ4n) is 2.46. The van der Waals surface area contributed by atoms with E-state index >= 15 is 0 Å². The quantitative estimate of drug-likeness (QED) is 0.606. The number of imide groups is 1. The highest BCUT2D eigenvalue weighted by atomic mass is 16.5. The number of anilines is 1. The van der Waals surface area contributed by atoms with Gasteiger partial charge < -0.3 is 4.74 Å². The first-order valence-electron chi connectivity index (χ1n) is 7.79. The standard InChI is InChI=1S/C18H17N3O4/c22-16(12-25-14-9-5-2-6-10-14)20-19-15-11-17(23)21(18(15)24)13-7-3-1-4-8-13/h1-10,15,19H,11-12H2,(H,20,22). The van der Waals surface area contributed by atoms with Crippen molar-refractivity contribution >= 4 is 23.4 Å². The first-order chi connectivity index (χ1) is 12.1. The Kier molecular flexibility index (Phi) is 5.06. The minimum absolute atomic E-state index is 0.0203. The lowest BCUT2D eigenvalue weighted by atomic mass is 10.2. The highest BCUT2D eigenvalue weighted by Gasteiger charge is 2.39. The topological polar surface area (TPSA) is 87.7 Å². The monoisotopic (exact) mass is 339 g/mol. The normalized spacial score (nSPS) is 16.8. The molecule has 0 radical (unpaired) electrons. The van der Waals surface area contributed by atoms with Crippen LogP contribution in [0.1, 0.15) is 6.42 Å². The fraction of sp³-hybridized carbons (Fsp3) is 0.167. The molecule has 2 N–H and O–H groups in total. The summed E-state index contributed by atoms with van der Waals surface area (Å²) in [7, 11) is 0. The second-order valence-electron chi connectivity index (χ2n) is 5.45. The molecule has 0 spiro atoms. The van der Waals surface area contributed by atoms with E-state index < -0.39 is 17.9 Å². The number of hydrogen-bond donors (Lipinski definition) is 2. The van der Waals surface area contributed by atoms with E-state index in [2.05, 4.69) is 10.9 Å². The molecule has 1 aliphatic heterocycles. The zero-order chi connectivity index (χ0) is 17.6. The van der Waals surface area contributed by atoms with E-state index in [0.29, 0.717) is 11.4 Å². The number of hydrogen-bond acceptors (Lipinski definition) is 5. The van der Waals surface area contributed by atoms with Crippen molar-refractivity contribution in [3.63, 3.8) is 0 Å². The highest BCUT2D eigenvalue weighted by Crippen LogP contribution is 2.22.